The van der Waals surface area contributed by atoms with Gasteiger partial charge in [-0.3, -0.25) is 0 Å². The highest BCUT2D eigenvalue weighted by Gasteiger charge is 2.20. The second-order valence-corrected chi connectivity index (χ2v) is 5.97. The molecule has 0 radical (unpaired) electrons. The van der Waals surface area contributed by atoms with Crippen LogP contribution in [0.4, 0.5) is 5.82 Å². The number of anilines is 1. The summed E-state index contributed by atoms with van der Waals surface area (Å²) in [4.78, 5) is 9.55. The second kappa shape index (κ2) is 5.94. The first-order valence-corrected chi connectivity index (χ1v) is 7.92. The number of hydrogen-bond acceptors (Lipinski definition) is 4. The minimum atomic E-state index is 0.681. The Hall–Kier alpha value is -2.12. The molecule has 0 aliphatic carbocycles. The normalized spacial score (nSPS) is 16.0. The summed E-state index contributed by atoms with van der Waals surface area (Å²) in [5, 5.41) is 10.6. The Bertz CT molecular complexity index is 737. The van der Waals surface area contributed by atoms with Crippen LogP contribution in [0.5, 0.6) is 0 Å². The number of nitriles is 1. The van der Waals surface area contributed by atoms with Crippen molar-refractivity contribution in [2.75, 3.05) is 37.6 Å². The van der Waals surface area contributed by atoms with Crippen molar-refractivity contribution in [3.63, 3.8) is 0 Å². The largest absolute Gasteiger partial charge is 0.353 e. The summed E-state index contributed by atoms with van der Waals surface area (Å²) in [7, 11) is 0. The third-order valence-electron chi connectivity index (χ3n) is 4.73. The van der Waals surface area contributed by atoms with E-state index in [9.17, 15) is 5.26 Å². The van der Waals surface area contributed by atoms with Gasteiger partial charge in [-0.2, -0.15) is 5.26 Å². The number of pyridine rings is 1. The van der Waals surface area contributed by atoms with E-state index in [0.717, 1.165) is 49.4 Å². The lowest BCUT2D eigenvalue weighted by molar-refractivity contribution is 0.270. The molecule has 0 unspecified atom stereocenters. The van der Waals surface area contributed by atoms with Gasteiger partial charge in [0.15, 0.2) is 0 Å². The lowest BCUT2D eigenvalue weighted by atomic mass is 10.0. The van der Waals surface area contributed by atoms with E-state index in [0.29, 0.717) is 5.56 Å². The van der Waals surface area contributed by atoms with E-state index in [1.54, 1.807) is 0 Å². The minimum Gasteiger partial charge on any atom is -0.353 e. The van der Waals surface area contributed by atoms with Gasteiger partial charge >= 0.3 is 0 Å². The van der Waals surface area contributed by atoms with Crippen LogP contribution < -0.4 is 4.90 Å². The summed E-state index contributed by atoms with van der Waals surface area (Å²) < 4.78 is 0. The molecule has 3 rings (SSSR count). The summed E-state index contributed by atoms with van der Waals surface area (Å²) in [6.45, 7) is 11.4. The van der Waals surface area contributed by atoms with Crippen molar-refractivity contribution >= 4 is 16.7 Å². The Labute approximate surface area is 132 Å². The fraction of sp³-hybridized carbons (Fsp3) is 0.444. The number of likely N-dealkylation sites (N-methyl/N-ethyl adjacent to an activating group) is 1. The van der Waals surface area contributed by atoms with E-state index in [-0.39, 0.29) is 0 Å². The SMILES string of the molecule is CCN1CCN(c2nc3c(C)c(C)ccc3cc2C#N)CC1. The van der Waals surface area contributed by atoms with Crippen molar-refractivity contribution in [1.82, 2.24) is 9.88 Å². The van der Waals surface area contributed by atoms with Gasteiger partial charge < -0.3 is 9.80 Å². The van der Waals surface area contributed by atoms with Gasteiger partial charge in [-0.05, 0) is 37.6 Å². The molecule has 1 saturated heterocycles. The second-order valence-electron chi connectivity index (χ2n) is 5.97. The maximum Gasteiger partial charge on any atom is 0.147 e. The Balaban J connectivity index is 2.05. The molecule has 0 amide bonds. The van der Waals surface area contributed by atoms with E-state index in [1.165, 1.54) is 11.1 Å². The van der Waals surface area contributed by atoms with Gasteiger partial charge in [0.1, 0.15) is 11.9 Å². The third-order valence-corrected chi connectivity index (χ3v) is 4.73. The molecule has 22 heavy (non-hydrogen) atoms. The maximum atomic E-state index is 9.50. The molecule has 1 aromatic heterocycles. The number of benzene rings is 1. The number of fused-ring (bicyclic) bond motifs is 1. The van der Waals surface area contributed by atoms with Crippen LogP contribution >= 0.6 is 0 Å². The quantitative estimate of drug-likeness (QED) is 0.854. The van der Waals surface area contributed by atoms with Crippen molar-refractivity contribution in [3.05, 3.63) is 34.9 Å². The van der Waals surface area contributed by atoms with E-state index >= 15 is 0 Å². The average Bonchev–Trinajstić information content (AvgIpc) is 2.57. The van der Waals surface area contributed by atoms with Gasteiger partial charge in [0.25, 0.3) is 0 Å². The van der Waals surface area contributed by atoms with Gasteiger partial charge in [0, 0.05) is 31.6 Å². The Kier molecular flexibility index (Phi) is 4.00. The van der Waals surface area contributed by atoms with E-state index in [2.05, 4.69) is 48.8 Å². The highest BCUT2D eigenvalue weighted by Crippen LogP contribution is 2.27. The fourth-order valence-electron chi connectivity index (χ4n) is 3.07. The van der Waals surface area contributed by atoms with E-state index < -0.39 is 0 Å². The van der Waals surface area contributed by atoms with E-state index in [1.807, 2.05) is 6.07 Å². The molecular weight excluding hydrogens is 272 g/mol. The third kappa shape index (κ3) is 2.53. The summed E-state index contributed by atoms with van der Waals surface area (Å²) >= 11 is 0. The first-order chi connectivity index (χ1) is 10.6. The van der Waals surface area contributed by atoms with Crippen molar-refractivity contribution in [1.29, 1.82) is 5.26 Å². The number of hydrogen-bond donors (Lipinski definition) is 0. The number of nitrogens with zero attached hydrogens (tertiary/aromatic N) is 4. The molecule has 0 bridgehead atoms. The van der Waals surface area contributed by atoms with Gasteiger partial charge in [-0.25, -0.2) is 4.98 Å². The van der Waals surface area contributed by atoms with Gasteiger partial charge in [0.05, 0.1) is 11.1 Å². The van der Waals surface area contributed by atoms with Crippen LogP contribution in [-0.2, 0) is 0 Å². The van der Waals surface area contributed by atoms with Crippen LogP contribution in [0.25, 0.3) is 10.9 Å². The number of aromatic nitrogens is 1. The minimum absolute atomic E-state index is 0.681. The fourth-order valence-corrected chi connectivity index (χ4v) is 3.07. The predicted octanol–water partition coefficient (Wildman–Crippen LogP) is 2.87. The van der Waals surface area contributed by atoms with Crippen LogP contribution in [-0.4, -0.2) is 42.6 Å². The van der Waals surface area contributed by atoms with Crippen molar-refractivity contribution in [3.8, 4) is 6.07 Å². The van der Waals surface area contributed by atoms with Gasteiger partial charge in [0.2, 0.25) is 0 Å². The first kappa shape index (κ1) is 14.8. The van der Waals surface area contributed by atoms with Crippen LogP contribution in [0, 0.1) is 25.2 Å². The van der Waals surface area contributed by atoms with Crippen molar-refractivity contribution in [2.24, 2.45) is 0 Å². The topological polar surface area (TPSA) is 43.2 Å². The lowest BCUT2D eigenvalue weighted by Crippen LogP contribution is -2.46. The van der Waals surface area contributed by atoms with Crippen molar-refractivity contribution < 1.29 is 0 Å². The molecule has 0 N–H and O–H groups in total. The zero-order valence-corrected chi connectivity index (χ0v) is 13.6. The monoisotopic (exact) mass is 294 g/mol. The van der Waals surface area contributed by atoms with Gasteiger partial charge in [-0.15, -0.1) is 0 Å². The molecule has 0 atom stereocenters. The molecule has 2 heterocycles. The van der Waals surface area contributed by atoms with Crippen LogP contribution in [0.3, 0.4) is 0 Å². The molecule has 1 aromatic carbocycles. The molecular formula is C18H22N4. The van der Waals surface area contributed by atoms with Crippen LogP contribution in [0.1, 0.15) is 23.6 Å². The Morgan fingerprint density at radius 2 is 1.91 bits per heavy atom. The highest BCUT2D eigenvalue weighted by molar-refractivity contribution is 5.86. The maximum absolute atomic E-state index is 9.50. The molecule has 4 nitrogen and oxygen atoms in total. The average molecular weight is 294 g/mol. The zero-order valence-electron chi connectivity index (χ0n) is 13.6. The van der Waals surface area contributed by atoms with Gasteiger partial charge in [-0.1, -0.05) is 19.1 Å². The molecule has 1 aliphatic heterocycles. The number of piperazine rings is 1. The Morgan fingerprint density at radius 1 is 1.18 bits per heavy atom. The van der Waals surface area contributed by atoms with Crippen LogP contribution in [0.15, 0.2) is 18.2 Å². The standard InChI is InChI=1S/C18H22N4/c1-4-21-7-9-22(10-8-21)18-16(12-19)11-15-6-5-13(2)14(3)17(15)20-18/h5-6,11H,4,7-10H2,1-3H3. The number of aryl methyl sites for hydroxylation is 2. The molecule has 114 valence electrons. The molecule has 1 aliphatic rings. The zero-order chi connectivity index (χ0) is 15.7. The molecule has 2 aromatic rings. The molecule has 0 saturated carbocycles. The van der Waals surface area contributed by atoms with Crippen LogP contribution in [0.2, 0.25) is 0 Å². The molecule has 1 fully saturated rings. The highest BCUT2D eigenvalue weighted by atomic mass is 15.3. The summed E-state index contributed by atoms with van der Waals surface area (Å²) in [6, 6.07) is 8.47. The molecule has 0 spiro atoms. The summed E-state index contributed by atoms with van der Waals surface area (Å²) in [5.41, 5.74) is 4.15. The predicted molar refractivity (Wildman–Crippen MR) is 90.3 cm³/mol. The smallest absolute Gasteiger partial charge is 0.147 e. The molecule has 4 heteroatoms. The Morgan fingerprint density at radius 3 is 2.55 bits per heavy atom. The van der Waals surface area contributed by atoms with E-state index in [4.69, 9.17) is 4.98 Å². The summed E-state index contributed by atoms with van der Waals surface area (Å²) in [5.74, 6) is 0.847. The summed E-state index contributed by atoms with van der Waals surface area (Å²) in [6.07, 6.45) is 0. The first-order valence-electron chi connectivity index (χ1n) is 7.92. The number of rotatable bonds is 2. The lowest BCUT2D eigenvalue weighted by Gasteiger charge is -2.35. The van der Waals surface area contributed by atoms with Crippen molar-refractivity contribution in [2.45, 2.75) is 20.8 Å².